The van der Waals surface area contributed by atoms with Crippen molar-refractivity contribution < 1.29 is 13.6 Å². The lowest BCUT2D eigenvalue weighted by molar-refractivity contribution is 0.0729. The van der Waals surface area contributed by atoms with Crippen molar-refractivity contribution in [1.82, 2.24) is 24.9 Å². The summed E-state index contributed by atoms with van der Waals surface area (Å²) >= 11 is 1.52. The van der Waals surface area contributed by atoms with E-state index in [2.05, 4.69) is 15.3 Å². The molecule has 1 saturated heterocycles. The molecule has 26 heavy (non-hydrogen) atoms. The van der Waals surface area contributed by atoms with Gasteiger partial charge >= 0.3 is 0 Å². The maximum atomic E-state index is 13.8. The van der Waals surface area contributed by atoms with E-state index in [1.54, 1.807) is 11.1 Å². The largest absolute Gasteiger partial charge is 0.328 e. The van der Waals surface area contributed by atoms with Crippen molar-refractivity contribution in [3.05, 3.63) is 63.9 Å². The summed E-state index contributed by atoms with van der Waals surface area (Å²) in [6.45, 7) is 0.493. The summed E-state index contributed by atoms with van der Waals surface area (Å²) in [6.07, 6.45) is 4.89. The minimum Gasteiger partial charge on any atom is -0.328 e. The molecule has 4 rings (SSSR count). The Hall–Kier alpha value is -2.68. The number of hydrogen-bond donors (Lipinski definition) is 0. The van der Waals surface area contributed by atoms with Crippen LogP contribution in [0, 0.1) is 11.6 Å². The van der Waals surface area contributed by atoms with Crippen LogP contribution in [0.15, 0.2) is 36.0 Å². The molecule has 1 amide bonds. The molecule has 1 aliphatic heterocycles. The lowest BCUT2D eigenvalue weighted by atomic mass is 10.2. The van der Waals surface area contributed by atoms with Crippen molar-refractivity contribution >= 4 is 17.2 Å². The molecule has 0 spiro atoms. The zero-order valence-electron chi connectivity index (χ0n) is 13.7. The van der Waals surface area contributed by atoms with Gasteiger partial charge in [0.15, 0.2) is 5.69 Å². The molecule has 0 saturated carbocycles. The van der Waals surface area contributed by atoms with Crippen LogP contribution >= 0.6 is 11.3 Å². The normalized spacial score (nSPS) is 17.0. The fraction of sp³-hybridized carbons (Fsp3) is 0.294. The number of hydrogen-bond acceptors (Lipinski definition) is 5. The first-order valence-electron chi connectivity index (χ1n) is 8.17. The lowest BCUT2D eigenvalue weighted by Crippen LogP contribution is -2.30. The highest BCUT2D eigenvalue weighted by Gasteiger charge is 2.33. The van der Waals surface area contributed by atoms with E-state index in [9.17, 15) is 13.6 Å². The van der Waals surface area contributed by atoms with Gasteiger partial charge in [-0.15, -0.1) is 16.4 Å². The third-order valence-electron chi connectivity index (χ3n) is 4.39. The molecule has 0 N–H and O–H groups in total. The van der Waals surface area contributed by atoms with E-state index in [0.29, 0.717) is 6.54 Å². The van der Waals surface area contributed by atoms with Gasteiger partial charge in [-0.05, 0) is 25.0 Å². The van der Waals surface area contributed by atoms with Gasteiger partial charge in [-0.2, -0.15) is 0 Å². The Morgan fingerprint density at radius 2 is 2.12 bits per heavy atom. The summed E-state index contributed by atoms with van der Waals surface area (Å²) < 4.78 is 28.8. The number of rotatable bonds is 4. The molecule has 3 aromatic rings. The SMILES string of the molecule is O=C(c1cn(Cc2c(F)cccc2F)nn1)N1CCC[C@H]1c1nccs1. The topological polar surface area (TPSA) is 63.9 Å². The Morgan fingerprint density at radius 1 is 1.31 bits per heavy atom. The molecule has 1 atom stereocenters. The van der Waals surface area contributed by atoms with Crippen LogP contribution < -0.4 is 0 Å². The van der Waals surface area contributed by atoms with Crippen LogP contribution in [-0.2, 0) is 6.54 Å². The first-order valence-corrected chi connectivity index (χ1v) is 9.05. The van der Waals surface area contributed by atoms with E-state index >= 15 is 0 Å². The average Bonchev–Trinajstić information content (AvgIpc) is 3.38. The molecule has 1 fully saturated rings. The van der Waals surface area contributed by atoms with E-state index in [0.717, 1.165) is 17.8 Å². The van der Waals surface area contributed by atoms with Crippen LogP contribution in [0.25, 0.3) is 0 Å². The molecule has 0 bridgehead atoms. The summed E-state index contributed by atoms with van der Waals surface area (Å²) in [6, 6.07) is 3.61. The van der Waals surface area contributed by atoms with Gasteiger partial charge in [-0.3, -0.25) is 4.79 Å². The molecule has 0 aliphatic carbocycles. The van der Waals surface area contributed by atoms with Gasteiger partial charge in [0.1, 0.15) is 16.6 Å². The van der Waals surface area contributed by atoms with Crippen molar-refractivity contribution in [2.75, 3.05) is 6.54 Å². The second-order valence-corrected chi connectivity index (χ2v) is 6.95. The third kappa shape index (κ3) is 3.10. The Morgan fingerprint density at radius 3 is 2.85 bits per heavy atom. The predicted molar refractivity (Wildman–Crippen MR) is 90.6 cm³/mol. The molecule has 0 radical (unpaired) electrons. The van der Waals surface area contributed by atoms with Crippen molar-refractivity contribution in [3.8, 4) is 0 Å². The number of nitrogens with zero attached hydrogens (tertiary/aromatic N) is 5. The minimum atomic E-state index is -0.656. The minimum absolute atomic E-state index is 0.0586. The quantitative estimate of drug-likeness (QED) is 0.703. The molecule has 6 nitrogen and oxygen atoms in total. The predicted octanol–water partition coefficient (Wildman–Crippen LogP) is 3.04. The number of amides is 1. The third-order valence-corrected chi connectivity index (χ3v) is 5.27. The van der Waals surface area contributed by atoms with Gasteiger partial charge in [0, 0.05) is 23.7 Å². The molecule has 2 aromatic heterocycles. The van der Waals surface area contributed by atoms with Crippen molar-refractivity contribution in [1.29, 1.82) is 0 Å². The van der Waals surface area contributed by atoms with Crippen LogP contribution in [0.1, 0.15) is 39.9 Å². The Balaban J connectivity index is 1.53. The standard InChI is InChI=1S/C17H15F2N5OS/c18-12-3-1-4-13(19)11(12)9-23-10-14(21-22-23)17(25)24-7-2-5-15(24)16-20-6-8-26-16/h1,3-4,6,8,10,15H,2,5,7,9H2/t15-/m0/s1. The summed E-state index contributed by atoms with van der Waals surface area (Å²) in [5.41, 5.74) is 0.0448. The molecule has 0 unspecified atom stereocenters. The number of aromatic nitrogens is 4. The molecular formula is C17H15F2N5OS. The number of likely N-dealkylation sites (tertiary alicyclic amines) is 1. The second-order valence-electron chi connectivity index (χ2n) is 6.03. The zero-order chi connectivity index (χ0) is 18.1. The number of carbonyl (C=O) groups is 1. The van der Waals surface area contributed by atoms with Crippen molar-refractivity contribution in [2.24, 2.45) is 0 Å². The number of benzene rings is 1. The first kappa shape index (κ1) is 16.8. The van der Waals surface area contributed by atoms with Gasteiger partial charge in [0.05, 0.1) is 18.8 Å². The maximum Gasteiger partial charge on any atom is 0.276 e. The second kappa shape index (κ2) is 6.91. The smallest absolute Gasteiger partial charge is 0.276 e. The highest BCUT2D eigenvalue weighted by Crippen LogP contribution is 2.33. The van der Waals surface area contributed by atoms with Crippen LogP contribution in [0.4, 0.5) is 8.78 Å². The Kier molecular flexibility index (Phi) is 4.46. The first-order chi connectivity index (χ1) is 12.6. The van der Waals surface area contributed by atoms with Crippen LogP contribution in [0.3, 0.4) is 0 Å². The van der Waals surface area contributed by atoms with E-state index in [-0.39, 0.29) is 29.8 Å². The van der Waals surface area contributed by atoms with Crippen LogP contribution in [0.2, 0.25) is 0 Å². The average molecular weight is 375 g/mol. The summed E-state index contributed by atoms with van der Waals surface area (Å²) in [7, 11) is 0. The monoisotopic (exact) mass is 375 g/mol. The summed E-state index contributed by atoms with van der Waals surface area (Å²) in [5.74, 6) is -1.56. The van der Waals surface area contributed by atoms with E-state index < -0.39 is 11.6 Å². The maximum absolute atomic E-state index is 13.8. The van der Waals surface area contributed by atoms with Crippen LogP contribution in [-0.4, -0.2) is 37.3 Å². The molecule has 134 valence electrons. The fourth-order valence-corrected chi connectivity index (χ4v) is 3.92. The van der Waals surface area contributed by atoms with Gasteiger partial charge in [0.2, 0.25) is 0 Å². The summed E-state index contributed by atoms with van der Waals surface area (Å²) in [4.78, 5) is 18.8. The van der Waals surface area contributed by atoms with Gasteiger partial charge < -0.3 is 4.90 Å². The number of carbonyl (C=O) groups excluding carboxylic acids is 1. The zero-order valence-corrected chi connectivity index (χ0v) is 14.5. The van der Waals surface area contributed by atoms with E-state index in [4.69, 9.17) is 0 Å². The summed E-state index contributed by atoms with van der Waals surface area (Å²) in [5, 5.41) is 10.5. The Labute approximate surface area is 152 Å². The van der Waals surface area contributed by atoms with Gasteiger partial charge in [0.25, 0.3) is 5.91 Å². The Bertz CT molecular complexity index is 907. The highest BCUT2D eigenvalue weighted by molar-refractivity contribution is 7.09. The lowest BCUT2D eigenvalue weighted by Gasteiger charge is -2.21. The molecular weight excluding hydrogens is 360 g/mol. The van der Waals surface area contributed by atoms with E-state index in [1.807, 2.05) is 5.38 Å². The molecule has 3 heterocycles. The fourth-order valence-electron chi connectivity index (χ4n) is 3.13. The number of halogens is 2. The van der Waals surface area contributed by atoms with Crippen molar-refractivity contribution in [2.45, 2.75) is 25.4 Å². The van der Waals surface area contributed by atoms with Gasteiger partial charge in [-0.1, -0.05) is 11.3 Å². The molecule has 1 aromatic carbocycles. The van der Waals surface area contributed by atoms with Crippen LogP contribution in [0.5, 0.6) is 0 Å². The molecule has 9 heteroatoms. The number of thiazole rings is 1. The highest BCUT2D eigenvalue weighted by atomic mass is 32.1. The molecule has 1 aliphatic rings. The van der Waals surface area contributed by atoms with Crippen molar-refractivity contribution in [3.63, 3.8) is 0 Å². The van der Waals surface area contributed by atoms with Gasteiger partial charge in [-0.25, -0.2) is 18.4 Å². The van der Waals surface area contributed by atoms with E-state index in [1.165, 1.54) is 40.4 Å².